The Kier molecular flexibility index (Phi) is 4.95. The zero-order valence-electron chi connectivity index (χ0n) is 14.3. The highest BCUT2D eigenvalue weighted by molar-refractivity contribution is 5.74. The van der Waals surface area contributed by atoms with Crippen molar-refractivity contribution >= 4 is 5.82 Å². The van der Waals surface area contributed by atoms with Crippen LogP contribution in [0.25, 0.3) is 22.5 Å². The number of aromatic hydroxyl groups is 1. The van der Waals surface area contributed by atoms with Crippen molar-refractivity contribution < 1.29 is 5.11 Å². The molecule has 0 aliphatic heterocycles. The number of hydrogen-bond donors (Lipinski definition) is 3. The molecule has 4 N–H and O–H groups in total. The highest BCUT2D eigenvalue weighted by Gasteiger charge is 2.13. The Morgan fingerprint density at radius 2 is 2.12 bits per heavy atom. The molecule has 1 aromatic carbocycles. The minimum atomic E-state index is 0.0845. The van der Waals surface area contributed by atoms with E-state index in [1.54, 1.807) is 24.7 Å². The Balaban J connectivity index is 1.94. The van der Waals surface area contributed by atoms with Crippen LogP contribution in [0, 0.1) is 0 Å². The quantitative estimate of drug-likeness (QED) is 0.637. The zero-order chi connectivity index (χ0) is 17.8. The lowest BCUT2D eigenvalue weighted by Crippen LogP contribution is -2.35. The first-order valence-electron chi connectivity index (χ1n) is 8.20. The van der Waals surface area contributed by atoms with E-state index in [0.29, 0.717) is 17.9 Å². The van der Waals surface area contributed by atoms with Gasteiger partial charge in [0.05, 0.1) is 11.8 Å². The van der Waals surface area contributed by atoms with Crippen molar-refractivity contribution in [2.45, 2.75) is 19.4 Å². The minimum absolute atomic E-state index is 0.0845. The molecule has 0 saturated carbocycles. The molecule has 0 saturated heterocycles. The number of nitrogens with two attached hydrogens (primary N) is 1. The first-order chi connectivity index (χ1) is 12.1. The Hall–Kier alpha value is -2.93. The van der Waals surface area contributed by atoms with Crippen LogP contribution >= 0.6 is 0 Å². The Morgan fingerprint density at radius 3 is 2.84 bits per heavy atom. The van der Waals surface area contributed by atoms with Gasteiger partial charge < -0.3 is 15.7 Å². The Morgan fingerprint density at radius 1 is 1.28 bits per heavy atom. The fourth-order valence-corrected chi connectivity index (χ4v) is 2.57. The molecule has 7 heteroatoms. The highest BCUT2D eigenvalue weighted by Crippen LogP contribution is 2.32. The summed E-state index contributed by atoms with van der Waals surface area (Å²) in [5.74, 6) is 1.37. The lowest BCUT2D eigenvalue weighted by Gasteiger charge is -2.22. The van der Waals surface area contributed by atoms with Crippen molar-refractivity contribution in [1.29, 1.82) is 0 Å². The molecule has 0 aliphatic rings. The van der Waals surface area contributed by atoms with Crippen LogP contribution < -0.4 is 10.6 Å². The van der Waals surface area contributed by atoms with Gasteiger partial charge in [-0.25, -0.2) is 9.97 Å². The molecule has 1 unspecified atom stereocenters. The van der Waals surface area contributed by atoms with Gasteiger partial charge in [-0.15, -0.1) is 0 Å². The van der Waals surface area contributed by atoms with Crippen molar-refractivity contribution in [2.75, 3.05) is 18.5 Å². The maximum atomic E-state index is 10.3. The predicted molar refractivity (Wildman–Crippen MR) is 98.3 cm³/mol. The summed E-state index contributed by atoms with van der Waals surface area (Å²) < 4.78 is 0. The summed E-state index contributed by atoms with van der Waals surface area (Å²) >= 11 is 0. The molecule has 1 atom stereocenters. The van der Waals surface area contributed by atoms with Crippen LogP contribution in [0.2, 0.25) is 0 Å². The predicted octanol–water partition coefficient (Wildman–Crippen LogP) is 2.41. The van der Waals surface area contributed by atoms with Gasteiger partial charge in [0.25, 0.3) is 0 Å². The van der Waals surface area contributed by atoms with Crippen molar-refractivity contribution in [3.63, 3.8) is 0 Å². The summed E-state index contributed by atoms with van der Waals surface area (Å²) in [7, 11) is 1.95. The van der Waals surface area contributed by atoms with E-state index in [2.05, 4.69) is 27.1 Å². The smallest absolute Gasteiger partial charge is 0.165 e. The van der Waals surface area contributed by atoms with E-state index in [9.17, 15) is 5.11 Å². The van der Waals surface area contributed by atoms with Crippen LogP contribution in [-0.2, 0) is 0 Å². The van der Waals surface area contributed by atoms with E-state index in [0.717, 1.165) is 23.4 Å². The molecule has 7 nitrogen and oxygen atoms in total. The van der Waals surface area contributed by atoms with E-state index in [1.165, 1.54) is 0 Å². The standard InChI is InChI=1S/C18H22N6O/c1-3-14(19)11-24(2)17-6-7-20-18(23-17)15-8-12(4-5-16(15)25)13-9-21-22-10-13/h4-10,14,25H,3,11,19H2,1-2H3,(H,21,22). The van der Waals surface area contributed by atoms with Gasteiger partial charge in [0.1, 0.15) is 11.6 Å². The molecule has 0 aliphatic carbocycles. The van der Waals surface area contributed by atoms with Crippen molar-refractivity contribution in [2.24, 2.45) is 5.73 Å². The third-order valence-corrected chi connectivity index (χ3v) is 4.13. The van der Waals surface area contributed by atoms with Crippen LogP contribution in [0.4, 0.5) is 5.82 Å². The summed E-state index contributed by atoms with van der Waals surface area (Å²) in [5.41, 5.74) is 8.46. The molecule has 2 aromatic heterocycles. The lowest BCUT2D eigenvalue weighted by molar-refractivity contribution is 0.477. The first-order valence-corrected chi connectivity index (χ1v) is 8.20. The van der Waals surface area contributed by atoms with Crippen LogP contribution in [0.15, 0.2) is 42.9 Å². The van der Waals surface area contributed by atoms with Gasteiger partial charge >= 0.3 is 0 Å². The maximum Gasteiger partial charge on any atom is 0.165 e. The third-order valence-electron chi connectivity index (χ3n) is 4.13. The van der Waals surface area contributed by atoms with Gasteiger partial charge in [-0.3, -0.25) is 5.10 Å². The van der Waals surface area contributed by atoms with Gasteiger partial charge in [-0.05, 0) is 30.2 Å². The van der Waals surface area contributed by atoms with Crippen molar-refractivity contribution in [1.82, 2.24) is 20.2 Å². The minimum Gasteiger partial charge on any atom is -0.507 e. The van der Waals surface area contributed by atoms with Gasteiger partial charge in [0.2, 0.25) is 0 Å². The number of aromatic nitrogens is 4. The van der Waals surface area contributed by atoms with E-state index in [4.69, 9.17) is 5.73 Å². The van der Waals surface area contributed by atoms with Crippen molar-refractivity contribution in [3.8, 4) is 28.3 Å². The molecule has 25 heavy (non-hydrogen) atoms. The van der Waals surface area contributed by atoms with Gasteiger partial charge in [0.15, 0.2) is 5.82 Å². The topological polar surface area (TPSA) is 104 Å². The summed E-state index contributed by atoms with van der Waals surface area (Å²) in [5, 5.41) is 17.0. The number of phenolic OH excluding ortho intramolecular Hbond substituents is 1. The fraction of sp³-hybridized carbons (Fsp3) is 0.278. The number of benzene rings is 1. The van der Waals surface area contributed by atoms with Crippen LogP contribution in [0.5, 0.6) is 5.75 Å². The number of nitrogens with one attached hydrogen (secondary N) is 1. The lowest BCUT2D eigenvalue weighted by atomic mass is 10.0. The number of likely N-dealkylation sites (N-methyl/N-ethyl adjacent to an activating group) is 1. The van der Waals surface area contributed by atoms with E-state index < -0.39 is 0 Å². The molecule has 0 radical (unpaired) electrons. The number of anilines is 1. The number of phenols is 1. The number of nitrogens with zero attached hydrogens (tertiary/aromatic N) is 4. The highest BCUT2D eigenvalue weighted by atomic mass is 16.3. The second-order valence-electron chi connectivity index (χ2n) is 6.01. The summed E-state index contributed by atoms with van der Waals surface area (Å²) in [6, 6.07) is 7.26. The Labute approximate surface area is 146 Å². The molecule has 2 heterocycles. The molecule has 3 aromatic rings. The Bertz CT molecular complexity index is 833. The normalized spacial score (nSPS) is 12.1. The summed E-state index contributed by atoms with van der Waals surface area (Å²) in [4.78, 5) is 10.9. The van der Waals surface area contributed by atoms with Crippen LogP contribution in [0.3, 0.4) is 0 Å². The molecule has 0 amide bonds. The van der Waals surface area contributed by atoms with Gasteiger partial charge in [-0.2, -0.15) is 5.10 Å². The van der Waals surface area contributed by atoms with Gasteiger partial charge in [-0.1, -0.05) is 13.0 Å². The fourth-order valence-electron chi connectivity index (χ4n) is 2.57. The molecule has 130 valence electrons. The molecular weight excluding hydrogens is 316 g/mol. The molecular formula is C18H22N6O. The van der Waals surface area contributed by atoms with E-state index in [1.807, 2.05) is 30.1 Å². The SMILES string of the molecule is CCC(N)CN(C)c1ccnc(-c2cc(-c3cn[nH]c3)ccc2O)n1. The number of aromatic amines is 1. The summed E-state index contributed by atoms with van der Waals surface area (Å²) in [6.45, 7) is 2.76. The number of hydrogen-bond acceptors (Lipinski definition) is 6. The molecule has 0 bridgehead atoms. The zero-order valence-corrected chi connectivity index (χ0v) is 14.3. The average molecular weight is 338 g/mol. The number of rotatable bonds is 6. The van der Waals surface area contributed by atoms with E-state index >= 15 is 0 Å². The maximum absolute atomic E-state index is 10.3. The average Bonchev–Trinajstić information content (AvgIpc) is 3.16. The molecule has 0 fully saturated rings. The van der Waals surface area contributed by atoms with Crippen LogP contribution in [0.1, 0.15) is 13.3 Å². The number of H-pyrrole nitrogens is 1. The van der Waals surface area contributed by atoms with Crippen LogP contribution in [-0.4, -0.2) is 44.9 Å². The first kappa shape index (κ1) is 16.9. The molecule has 0 spiro atoms. The van der Waals surface area contributed by atoms with Crippen molar-refractivity contribution in [3.05, 3.63) is 42.9 Å². The third kappa shape index (κ3) is 3.77. The van der Waals surface area contributed by atoms with E-state index in [-0.39, 0.29) is 11.8 Å². The largest absolute Gasteiger partial charge is 0.507 e. The molecule has 3 rings (SSSR count). The second-order valence-corrected chi connectivity index (χ2v) is 6.01. The second kappa shape index (κ2) is 7.31. The summed E-state index contributed by atoms with van der Waals surface area (Å²) in [6.07, 6.45) is 6.12. The van der Waals surface area contributed by atoms with Gasteiger partial charge in [0, 0.05) is 37.6 Å². The monoisotopic (exact) mass is 338 g/mol.